The summed E-state index contributed by atoms with van der Waals surface area (Å²) in [6, 6.07) is 18.8. The zero-order valence-corrected chi connectivity index (χ0v) is 17.4. The number of nitrogens with one attached hydrogen (secondary N) is 1. The van der Waals surface area contributed by atoms with Crippen molar-refractivity contribution < 1.29 is 23.1 Å². The maximum Gasteiger partial charge on any atom is 0.490 e. The molecule has 0 fully saturated rings. The molecule has 2 aromatic carbocycles. The minimum atomic E-state index is -5.08. The van der Waals surface area contributed by atoms with Gasteiger partial charge in [-0.2, -0.15) is 18.3 Å². The molecule has 0 amide bonds. The van der Waals surface area contributed by atoms with E-state index >= 15 is 0 Å². The van der Waals surface area contributed by atoms with Crippen molar-refractivity contribution in [2.75, 3.05) is 5.32 Å². The van der Waals surface area contributed by atoms with Crippen LogP contribution in [0.1, 0.15) is 16.8 Å². The second kappa shape index (κ2) is 9.51. The molecule has 0 unspecified atom stereocenters. The second-order valence-corrected chi connectivity index (χ2v) is 7.09. The van der Waals surface area contributed by atoms with Gasteiger partial charge in [0.2, 0.25) is 0 Å². The number of nitrogens with zero attached hydrogens (tertiary/aromatic N) is 3. The summed E-state index contributed by atoms with van der Waals surface area (Å²) in [5, 5.41) is 16.1. The van der Waals surface area contributed by atoms with Crippen LogP contribution in [0.2, 0.25) is 0 Å². The Morgan fingerprint density at radius 1 is 1.09 bits per heavy atom. The Labute approximate surface area is 182 Å². The van der Waals surface area contributed by atoms with E-state index in [4.69, 9.17) is 9.90 Å². The van der Waals surface area contributed by atoms with E-state index in [0.29, 0.717) is 0 Å². The molecular formula is C23H21F3N4O2. The molecule has 0 saturated heterocycles. The first-order valence-electron chi connectivity index (χ1n) is 9.64. The molecule has 4 rings (SSSR count). The van der Waals surface area contributed by atoms with Crippen LogP contribution in [0.25, 0.3) is 16.6 Å². The highest BCUT2D eigenvalue weighted by atomic mass is 19.4. The van der Waals surface area contributed by atoms with E-state index in [1.165, 1.54) is 16.5 Å². The molecule has 2 heterocycles. The maximum atomic E-state index is 10.6. The number of hydrogen-bond acceptors (Lipinski definition) is 4. The van der Waals surface area contributed by atoms with Gasteiger partial charge in [-0.1, -0.05) is 12.1 Å². The number of aromatic nitrogens is 3. The Morgan fingerprint density at radius 2 is 1.78 bits per heavy atom. The van der Waals surface area contributed by atoms with Crippen LogP contribution in [0.15, 0.2) is 67.0 Å². The second-order valence-electron chi connectivity index (χ2n) is 7.09. The Kier molecular flexibility index (Phi) is 6.77. The fourth-order valence-electron chi connectivity index (χ4n) is 3.06. The van der Waals surface area contributed by atoms with Gasteiger partial charge in [-0.3, -0.25) is 4.98 Å². The lowest BCUT2D eigenvalue weighted by atomic mass is 10.1. The van der Waals surface area contributed by atoms with Crippen molar-refractivity contribution >= 4 is 22.6 Å². The molecule has 0 atom stereocenters. The van der Waals surface area contributed by atoms with Crippen LogP contribution < -0.4 is 5.32 Å². The summed E-state index contributed by atoms with van der Waals surface area (Å²) in [5.74, 6) is -2.76. The predicted octanol–water partition coefficient (Wildman–Crippen LogP) is 5.28. The zero-order valence-electron chi connectivity index (χ0n) is 17.4. The topological polar surface area (TPSA) is 80.0 Å². The summed E-state index contributed by atoms with van der Waals surface area (Å²) in [4.78, 5) is 13.5. The van der Waals surface area contributed by atoms with Gasteiger partial charge in [0.1, 0.15) is 0 Å². The van der Waals surface area contributed by atoms with Crippen LogP contribution in [-0.2, 0) is 11.3 Å². The molecule has 2 aromatic heterocycles. The third-order valence-corrected chi connectivity index (χ3v) is 4.59. The number of fused-ring (bicyclic) bond motifs is 1. The summed E-state index contributed by atoms with van der Waals surface area (Å²) in [6.45, 7) is 4.95. The van der Waals surface area contributed by atoms with Crippen LogP contribution in [-0.4, -0.2) is 32.0 Å². The first kappa shape index (κ1) is 22.8. The van der Waals surface area contributed by atoms with Gasteiger partial charge < -0.3 is 10.4 Å². The quantitative estimate of drug-likeness (QED) is 0.449. The van der Waals surface area contributed by atoms with Gasteiger partial charge in [0.15, 0.2) is 0 Å². The molecule has 0 bridgehead atoms. The molecule has 0 aliphatic carbocycles. The molecule has 6 nitrogen and oxygen atoms in total. The third kappa shape index (κ3) is 5.84. The summed E-state index contributed by atoms with van der Waals surface area (Å²) < 4.78 is 33.6. The standard InChI is InChI=1S/C21H20N4.C2HF3O2/c1-15-12-16(2)24-21-9-6-18(13-20(15)21)22-14-17-4-7-19(8-5-17)25-11-3-10-23-25;3-2(4,5)1(6)7/h3-13,22H,14H2,1-2H3;(H,6,7). The highest BCUT2D eigenvalue weighted by molar-refractivity contribution is 5.85. The van der Waals surface area contributed by atoms with E-state index in [2.05, 4.69) is 70.9 Å². The minimum absolute atomic E-state index is 0.781. The summed E-state index contributed by atoms with van der Waals surface area (Å²) in [6.07, 6.45) is -1.35. The fourth-order valence-corrected chi connectivity index (χ4v) is 3.06. The van der Waals surface area contributed by atoms with E-state index in [1.54, 1.807) is 6.20 Å². The molecule has 0 spiro atoms. The van der Waals surface area contributed by atoms with Crippen molar-refractivity contribution in [2.45, 2.75) is 26.6 Å². The molecule has 9 heteroatoms. The highest BCUT2D eigenvalue weighted by Gasteiger charge is 2.38. The molecule has 2 N–H and O–H groups in total. The van der Waals surface area contributed by atoms with Gasteiger partial charge in [-0.15, -0.1) is 0 Å². The molecule has 0 saturated carbocycles. The maximum absolute atomic E-state index is 10.6. The predicted molar refractivity (Wildman–Crippen MR) is 116 cm³/mol. The number of rotatable bonds is 4. The number of aryl methyl sites for hydroxylation is 2. The first-order chi connectivity index (χ1) is 15.1. The van der Waals surface area contributed by atoms with Gasteiger partial charge in [-0.05, 0) is 67.4 Å². The molecule has 4 aromatic rings. The molecule has 0 aliphatic heterocycles. The van der Waals surface area contributed by atoms with Gasteiger partial charge >= 0.3 is 12.1 Å². The smallest absolute Gasteiger partial charge is 0.475 e. The lowest BCUT2D eigenvalue weighted by Gasteiger charge is -2.10. The number of alkyl halides is 3. The van der Waals surface area contributed by atoms with Crippen LogP contribution >= 0.6 is 0 Å². The Hall–Kier alpha value is -3.88. The van der Waals surface area contributed by atoms with Gasteiger partial charge in [0.25, 0.3) is 0 Å². The van der Waals surface area contributed by atoms with Crippen LogP contribution in [0.5, 0.6) is 0 Å². The number of pyridine rings is 1. The monoisotopic (exact) mass is 442 g/mol. The average Bonchev–Trinajstić information content (AvgIpc) is 3.27. The molecule has 32 heavy (non-hydrogen) atoms. The van der Waals surface area contributed by atoms with Gasteiger partial charge in [0, 0.05) is 35.7 Å². The van der Waals surface area contributed by atoms with Crippen LogP contribution in [0, 0.1) is 13.8 Å². The largest absolute Gasteiger partial charge is 0.490 e. The van der Waals surface area contributed by atoms with Crippen molar-refractivity contribution in [3.8, 4) is 5.69 Å². The van der Waals surface area contributed by atoms with Crippen molar-refractivity contribution in [3.05, 3.63) is 83.8 Å². The van der Waals surface area contributed by atoms with E-state index in [0.717, 1.165) is 29.1 Å². The first-order valence-corrected chi connectivity index (χ1v) is 9.64. The van der Waals surface area contributed by atoms with Gasteiger partial charge in [0.05, 0.1) is 11.2 Å². The van der Waals surface area contributed by atoms with E-state index in [-0.39, 0.29) is 0 Å². The van der Waals surface area contributed by atoms with E-state index < -0.39 is 12.1 Å². The summed E-state index contributed by atoms with van der Waals surface area (Å²) in [7, 11) is 0. The lowest BCUT2D eigenvalue weighted by molar-refractivity contribution is -0.192. The van der Waals surface area contributed by atoms with E-state index in [1.807, 2.05) is 23.9 Å². The Morgan fingerprint density at radius 3 is 2.38 bits per heavy atom. The molecule has 0 radical (unpaired) electrons. The van der Waals surface area contributed by atoms with Crippen LogP contribution in [0.4, 0.5) is 18.9 Å². The van der Waals surface area contributed by atoms with Crippen molar-refractivity contribution in [2.24, 2.45) is 0 Å². The molecular weight excluding hydrogens is 421 g/mol. The van der Waals surface area contributed by atoms with Crippen molar-refractivity contribution in [3.63, 3.8) is 0 Å². The average molecular weight is 442 g/mol. The fraction of sp³-hybridized carbons (Fsp3) is 0.174. The highest BCUT2D eigenvalue weighted by Crippen LogP contribution is 2.22. The van der Waals surface area contributed by atoms with Gasteiger partial charge in [-0.25, -0.2) is 9.48 Å². The number of carbonyl (C=O) groups is 1. The Bertz CT molecular complexity index is 1200. The Balaban J connectivity index is 0.000000360. The number of aliphatic carboxylic acids is 1. The van der Waals surface area contributed by atoms with Crippen molar-refractivity contribution in [1.29, 1.82) is 0 Å². The number of anilines is 1. The lowest BCUT2D eigenvalue weighted by Crippen LogP contribution is -2.21. The minimum Gasteiger partial charge on any atom is -0.475 e. The number of hydrogen-bond donors (Lipinski definition) is 2. The number of carboxylic acid groups (broad SMARTS) is 1. The number of benzene rings is 2. The van der Waals surface area contributed by atoms with E-state index in [9.17, 15) is 13.2 Å². The zero-order chi connectivity index (χ0) is 23.3. The summed E-state index contributed by atoms with van der Waals surface area (Å²) >= 11 is 0. The summed E-state index contributed by atoms with van der Waals surface area (Å²) in [5.41, 5.74) is 6.77. The molecule has 166 valence electrons. The normalized spacial score (nSPS) is 11.0. The third-order valence-electron chi connectivity index (χ3n) is 4.59. The molecule has 0 aliphatic rings. The number of carboxylic acids is 1. The number of halogens is 3. The van der Waals surface area contributed by atoms with Crippen LogP contribution in [0.3, 0.4) is 0 Å². The van der Waals surface area contributed by atoms with Crippen molar-refractivity contribution in [1.82, 2.24) is 14.8 Å². The SMILES string of the molecule is Cc1cc(C)c2cc(NCc3ccc(-n4cccn4)cc3)ccc2n1.O=C(O)C(F)(F)F.